The van der Waals surface area contributed by atoms with E-state index >= 15 is 0 Å². The zero-order chi connectivity index (χ0) is 23.8. The van der Waals surface area contributed by atoms with Crippen LogP contribution >= 0.6 is 0 Å². The average molecular weight is 471 g/mol. The molecule has 1 atom stereocenters. The van der Waals surface area contributed by atoms with E-state index in [1.807, 2.05) is 59.5 Å². The van der Waals surface area contributed by atoms with Crippen LogP contribution in [0.1, 0.15) is 36.3 Å². The molecule has 0 amide bonds. The Morgan fingerprint density at radius 3 is 2.60 bits per heavy atom. The molecule has 8 nitrogen and oxygen atoms in total. The average Bonchev–Trinajstić information content (AvgIpc) is 2.89. The lowest BCUT2D eigenvalue weighted by Gasteiger charge is -2.34. The van der Waals surface area contributed by atoms with Gasteiger partial charge in [0, 0.05) is 36.7 Å². The number of rotatable bonds is 4. The summed E-state index contributed by atoms with van der Waals surface area (Å²) in [7, 11) is 0. The Morgan fingerprint density at radius 2 is 1.77 bits per heavy atom. The number of ketones is 1. The summed E-state index contributed by atoms with van der Waals surface area (Å²) in [6.07, 6.45) is 2.01. The SMILES string of the molecule is O=C1CCCC2=C1[C@@H](c1cccc(Oc3ccccc3)c1)c1c(nc(N3CCOCC3)[nH]c1=O)N2. The number of benzene rings is 2. The first-order valence-corrected chi connectivity index (χ1v) is 12.0. The van der Waals surface area contributed by atoms with E-state index in [0.717, 1.165) is 29.9 Å². The van der Waals surface area contributed by atoms with Gasteiger partial charge in [0.15, 0.2) is 5.78 Å². The number of ether oxygens (including phenoxy) is 2. The van der Waals surface area contributed by atoms with Crippen LogP contribution in [0.2, 0.25) is 0 Å². The fourth-order valence-electron chi connectivity index (χ4n) is 5.09. The largest absolute Gasteiger partial charge is 0.457 e. The van der Waals surface area contributed by atoms with E-state index < -0.39 is 5.92 Å². The van der Waals surface area contributed by atoms with Crippen molar-refractivity contribution in [1.82, 2.24) is 9.97 Å². The normalized spacial score (nSPS) is 19.6. The number of nitrogens with zero attached hydrogens (tertiary/aromatic N) is 2. The van der Waals surface area contributed by atoms with Crippen molar-refractivity contribution in [2.75, 3.05) is 36.5 Å². The Balaban J connectivity index is 1.45. The fourth-order valence-corrected chi connectivity index (χ4v) is 5.09. The van der Waals surface area contributed by atoms with Gasteiger partial charge in [-0.15, -0.1) is 0 Å². The van der Waals surface area contributed by atoms with Crippen LogP contribution in [0.5, 0.6) is 11.5 Å². The summed E-state index contributed by atoms with van der Waals surface area (Å²) in [5, 5.41) is 3.34. The van der Waals surface area contributed by atoms with Crippen LogP contribution in [0.15, 0.2) is 70.7 Å². The molecule has 2 aliphatic heterocycles. The number of hydrogen-bond acceptors (Lipinski definition) is 7. The zero-order valence-electron chi connectivity index (χ0n) is 19.3. The molecule has 0 unspecified atom stereocenters. The lowest BCUT2D eigenvalue weighted by Crippen LogP contribution is -2.40. The molecule has 3 aliphatic rings. The molecule has 2 aromatic carbocycles. The zero-order valence-corrected chi connectivity index (χ0v) is 19.3. The molecule has 1 fully saturated rings. The van der Waals surface area contributed by atoms with Gasteiger partial charge in [-0.3, -0.25) is 14.6 Å². The summed E-state index contributed by atoms with van der Waals surface area (Å²) in [5.74, 6) is 1.97. The minimum absolute atomic E-state index is 0.0698. The Kier molecular flexibility index (Phi) is 5.58. The highest BCUT2D eigenvalue weighted by Crippen LogP contribution is 2.44. The Morgan fingerprint density at radius 1 is 0.971 bits per heavy atom. The van der Waals surface area contributed by atoms with E-state index in [1.165, 1.54) is 0 Å². The van der Waals surface area contributed by atoms with Crippen LogP contribution in [0.3, 0.4) is 0 Å². The quantitative estimate of drug-likeness (QED) is 0.596. The first kappa shape index (κ1) is 21.6. The van der Waals surface area contributed by atoms with Crippen LogP contribution in [0.25, 0.3) is 0 Å². The van der Waals surface area contributed by atoms with Crippen LogP contribution in [0.4, 0.5) is 11.8 Å². The number of Topliss-reactive ketones (excluding diaryl/α,β-unsaturated/α-hetero) is 1. The van der Waals surface area contributed by atoms with Crippen molar-refractivity contribution in [2.45, 2.75) is 25.2 Å². The number of nitrogens with one attached hydrogen (secondary N) is 2. The number of hydrogen-bond donors (Lipinski definition) is 2. The van der Waals surface area contributed by atoms with Crippen LogP contribution in [0, 0.1) is 0 Å². The summed E-state index contributed by atoms with van der Waals surface area (Å²) in [5.41, 5.74) is 2.57. The molecule has 6 rings (SSSR count). The first-order valence-electron chi connectivity index (χ1n) is 12.0. The monoisotopic (exact) mass is 470 g/mol. The summed E-state index contributed by atoms with van der Waals surface area (Å²) in [4.78, 5) is 36.4. The van der Waals surface area contributed by atoms with Gasteiger partial charge in [-0.25, -0.2) is 0 Å². The third kappa shape index (κ3) is 4.10. The summed E-state index contributed by atoms with van der Waals surface area (Å²) in [6.45, 7) is 2.51. The van der Waals surface area contributed by atoms with Gasteiger partial charge in [-0.05, 0) is 42.7 Å². The van der Waals surface area contributed by atoms with Crippen LogP contribution in [-0.4, -0.2) is 42.1 Å². The van der Waals surface area contributed by atoms with Crippen molar-refractivity contribution in [3.8, 4) is 11.5 Å². The number of H-pyrrole nitrogens is 1. The number of allylic oxidation sites excluding steroid dienone is 2. The summed E-state index contributed by atoms with van der Waals surface area (Å²) < 4.78 is 11.5. The Labute approximate surface area is 202 Å². The second-order valence-corrected chi connectivity index (χ2v) is 8.97. The Hall–Kier alpha value is -3.91. The van der Waals surface area contributed by atoms with Gasteiger partial charge in [0.05, 0.1) is 18.8 Å². The molecule has 2 N–H and O–H groups in total. The molecule has 1 saturated heterocycles. The minimum atomic E-state index is -0.511. The second-order valence-electron chi connectivity index (χ2n) is 8.97. The smallest absolute Gasteiger partial charge is 0.258 e. The molecule has 3 heterocycles. The summed E-state index contributed by atoms with van der Waals surface area (Å²) >= 11 is 0. The van der Waals surface area contributed by atoms with Crippen molar-refractivity contribution >= 4 is 17.5 Å². The van der Waals surface area contributed by atoms with Gasteiger partial charge in [-0.1, -0.05) is 30.3 Å². The molecular weight excluding hydrogens is 444 g/mol. The van der Waals surface area contributed by atoms with Gasteiger partial charge in [-0.2, -0.15) is 4.98 Å². The Bertz CT molecular complexity index is 1360. The molecule has 0 saturated carbocycles. The van der Waals surface area contributed by atoms with E-state index in [2.05, 4.69) is 10.3 Å². The molecule has 0 radical (unpaired) electrons. The maximum absolute atomic E-state index is 13.5. The predicted molar refractivity (Wildman–Crippen MR) is 132 cm³/mol. The number of aromatic nitrogens is 2. The minimum Gasteiger partial charge on any atom is -0.457 e. The van der Waals surface area contributed by atoms with Gasteiger partial charge >= 0.3 is 0 Å². The molecule has 1 aliphatic carbocycles. The van der Waals surface area contributed by atoms with Gasteiger partial charge < -0.3 is 19.7 Å². The number of anilines is 2. The number of aromatic amines is 1. The lowest BCUT2D eigenvalue weighted by molar-refractivity contribution is -0.116. The molecule has 0 bridgehead atoms. The van der Waals surface area contributed by atoms with E-state index in [9.17, 15) is 9.59 Å². The van der Waals surface area contributed by atoms with Crippen LogP contribution < -0.4 is 20.5 Å². The third-order valence-corrected chi connectivity index (χ3v) is 6.73. The van der Waals surface area contributed by atoms with E-state index in [0.29, 0.717) is 61.4 Å². The molecule has 0 spiro atoms. The van der Waals surface area contributed by atoms with Crippen molar-refractivity contribution in [3.05, 3.63) is 87.3 Å². The molecule has 1 aromatic heterocycles. The topological polar surface area (TPSA) is 96.5 Å². The predicted octanol–water partition coefficient (Wildman–Crippen LogP) is 3.96. The first-order chi connectivity index (χ1) is 17.2. The molecule has 8 heteroatoms. The number of morpholine rings is 1. The number of carbonyl (C=O) groups excluding carboxylic acids is 1. The maximum Gasteiger partial charge on any atom is 0.258 e. The number of para-hydroxylation sites is 1. The lowest BCUT2D eigenvalue weighted by atomic mass is 9.76. The number of carbonyl (C=O) groups is 1. The van der Waals surface area contributed by atoms with Crippen LogP contribution in [-0.2, 0) is 9.53 Å². The van der Waals surface area contributed by atoms with Crippen molar-refractivity contribution in [2.24, 2.45) is 0 Å². The third-order valence-electron chi connectivity index (χ3n) is 6.73. The fraction of sp³-hybridized carbons (Fsp3) is 0.296. The van der Waals surface area contributed by atoms with Gasteiger partial charge in [0.25, 0.3) is 5.56 Å². The van der Waals surface area contributed by atoms with E-state index in [-0.39, 0.29) is 11.3 Å². The molecule has 178 valence electrons. The van der Waals surface area contributed by atoms with E-state index in [1.54, 1.807) is 0 Å². The van der Waals surface area contributed by atoms with Gasteiger partial charge in [0.1, 0.15) is 17.3 Å². The molecule has 35 heavy (non-hydrogen) atoms. The van der Waals surface area contributed by atoms with E-state index in [4.69, 9.17) is 14.5 Å². The standard InChI is InChI=1S/C27H26N4O4/c32-21-11-5-10-20-23(21)22(17-6-4-9-19(16-17)35-18-7-2-1-3-8-18)24-25(28-20)29-27(30-26(24)33)31-12-14-34-15-13-31/h1-4,6-9,16,22H,5,10-15H2,(H2,28,29,30,33)/t22-/m1/s1. The number of fused-ring (bicyclic) bond motifs is 1. The molecule has 3 aromatic rings. The van der Waals surface area contributed by atoms with Crippen molar-refractivity contribution in [1.29, 1.82) is 0 Å². The molecular formula is C27H26N4O4. The highest BCUT2D eigenvalue weighted by molar-refractivity contribution is 6.00. The van der Waals surface area contributed by atoms with Crippen molar-refractivity contribution in [3.63, 3.8) is 0 Å². The highest BCUT2D eigenvalue weighted by Gasteiger charge is 2.38. The maximum atomic E-state index is 13.5. The van der Waals surface area contributed by atoms with Gasteiger partial charge in [0.2, 0.25) is 5.95 Å². The highest BCUT2D eigenvalue weighted by atomic mass is 16.5. The summed E-state index contributed by atoms with van der Waals surface area (Å²) in [6, 6.07) is 17.2. The second kappa shape index (κ2) is 9.03. The van der Waals surface area contributed by atoms with Crippen molar-refractivity contribution < 1.29 is 14.3 Å².